The summed E-state index contributed by atoms with van der Waals surface area (Å²) in [5.41, 5.74) is 1.74. The van der Waals surface area contributed by atoms with Crippen LogP contribution in [0.25, 0.3) is 0 Å². The highest BCUT2D eigenvalue weighted by molar-refractivity contribution is 6.42. The van der Waals surface area contributed by atoms with Crippen LogP contribution in [0.5, 0.6) is 0 Å². The Kier molecular flexibility index (Phi) is 8.99. The first kappa shape index (κ1) is 23.2. The number of carbonyl (C=O) groups is 2. The molecule has 1 N–H and O–H groups in total. The Labute approximate surface area is 183 Å². The zero-order chi connectivity index (χ0) is 21.4. The molecule has 2 aromatic carbocycles. The summed E-state index contributed by atoms with van der Waals surface area (Å²) in [6, 6.07) is 14.3. The fourth-order valence-electron chi connectivity index (χ4n) is 3.07. The summed E-state index contributed by atoms with van der Waals surface area (Å²) in [6.45, 7) is 6.17. The number of nitrogens with one attached hydrogen (secondary N) is 1. The van der Waals surface area contributed by atoms with Crippen LogP contribution < -0.4 is 5.32 Å². The molecule has 0 heterocycles. The lowest BCUT2D eigenvalue weighted by Gasteiger charge is -2.31. The van der Waals surface area contributed by atoms with E-state index in [9.17, 15) is 9.59 Å². The molecule has 0 aliphatic carbocycles. The van der Waals surface area contributed by atoms with Crippen LogP contribution >= 0.6 is 23.2 Å². The van der Waals surface area contributed by atoms with Gasteiger partial charge in [-0.1, -0.05) is 73.4 Å². The third-order valence-corrected chi connectivity index (χ3v) is 5.66. The Morgan fingerprint density at radius 3 is 2.24 bits per heavy atom. The minimum Gasteiger partial charge on any atom is -0.352 e. The van der Waals surface area contributed by atoms with Crippen LogP contribution in [-0.4, -0.2) is 28.8 Å². The van der Waals surface area contributed by atoms with Gasteiger partial charge in [-0.15, -0.1) is 0 Å². The first-order valence-electron chi connectivity index (χ1n) is 9.93. The van der Waals surface area contributed by atoms with E-state index >= 15 is 0 Å². The first-order chi connectivity index (χ1) is 13.8. The molecule has 6 heteroatoms. The van der Waals surface area contributed by atoms with Crippen LogP contribution in [0, 0.1) is 0 Å². The van der Waals surface area contributed by atoms with Crippen molar-refractivity contribution in [3.8, 4) is 0 Å². The van der Waals surface area contributed by atoms with Gasteiger partial charge in [0.2, 0.25) is 11.8 Å². The van der Waals surface area contributed by atoms with E-state index in [0.717, 1.165) is 17.5 Å². The molecule has 0 aliphatic heterocycles. The summed E-state index contributed by atoms with van der Waals surface area (Å²) in [7, 11) is 0. The van der Waals surface area contributed by atoms with Crippen molar-refractivity contribution in [1.29, 1.82) is 0 Å². The van der Waals surface area contributed by atoms with E-state index in [2.05, 4.69) is 5.32 Å². The van der Waals surface area contributed by atoms with Gasteiger partial charge < -0.3 is 10.2 Å². The number of carbonyl (C=O) groups excluding carboxylic acids is 2. The van der Waals surface area contributed by atoms with E-state index in [-0.39, 0.29) is 30.8 Å². The quantitative estimate of drug-likeness (QED) is 0.584. The van der Waals surface area contributed by atoms with Gasteiger partial charge in [0.05, 0.1) is 16.5 Å². The predicted molar refractivity (Wildman–Crippen MR) is 119 cm³/mol. The lowest BCUT2D eigenvalue weighted by molar-refractivity contribution is -0.141. The minimum atomic E-state index is -0.560. The second-order valence-electron chi connectivity index (χ2n) is 7.17. The molecule has 0 radical (unpaired) electrons. The van der Waals surface area contributed by atoms with Crippen molar-refractivity contribution in [3.05, 3.63) is 69.7 Å². The third kappa shape index (κ3) is 6.76. The van der Waals surface area contributed by atoms with Gasteiger partial charge in [-0.25, -0.2) is 0 Å². The molecule has 2 rings (SSSR count). The van der Waals surface area contributed by atoms with E-state index in [1.165, 1.54) is 0 Å². The summed E-state index contributed by atoms with van der Waals surface area (Å²) in [4.78, 5) is 27.8. The Hall–Kier alpha value is -2.04. The van der Waals surface area contributed by atoms with E-state index in [0.29, 0.717) is 16.5 Å². The smallest absolute Gasteiger partial charge is 0.243 e. The molecular formula is C23H28Cl2N2O2. The van der Waals surface area contributed by atoms with E-state index in [4.69, 9.17) is 23.2 Å². The van der Waals surface area contributed by atoms with E-state index in [1.807, 2.05) is 57.2 Å². The Balaban J connectivity index is 2.30. The third-order valence-electron chi connectivity index (χ3n) is 4.92. The van der Waals surface area contributed by atoms with Crippen LogP contribution in [0.2, 0.25) is 10.0 Å². The highest BCUT2D eigenvalue weighted by atomic mass is 35.5. The van der Waals surface area contributed by atoms with Crippen molar-refractivity contribution in [2.24, 2.45) is 0 Å². The van der Waals surface area contributed by atoms with Crippen LogP contribution in [-0.2, 0) is 22.6 Å². The number of hydrogen-bond acceptors (Lipinski definition) is 2. The van der Waals surface area contributed by atoms with Gasteiger partial charge >= 0.3 is 0 Å². The van der Waals surface area contributed by atoms with Crippen molar-refractivity contribution >= 4 is 35.0 Å². The molecule has 156 valence electrons. The van der Waals surface area contributed by atoms with Crippen molar-refractivity contribution in [3.63, 3.8) is 0 Å². The zero-order valence-electron chi connectivity index (χ0n) is 17.1. The SMILES string of the molecule is CCC(C)NC(=O)C(CC)N(Cc1ccc(Cl)c(Cl)c1)C(=O)Cc1ccccc1. The highest BCUT2D eigenvalue weighted by Gasteiger charge is 2.29. The maximum Gasteiger partial charge on any atom is 0.243 e. The molecule has 2 aromatic rings. The predicted octanol–water partition coefficient (Wildman–Crippen LogP) is 5.26. The Bertz CT molecular complexity index is 827. The first-order valence-corrected chi connectivity index (χ1v) is 10.7. The lowest BCUT2D eigenvalue weighted by Crippen LogP contribution is -2.51. The molecule has 2 unspecified atom stereocenters. The highest BCUT2D eigenvalue weighted by Crippen LogP contribution is 2.24. The average molecular weight is 435 g/mol. The maximum atomic E-state index is 13.2. The largest absolute Gasteiger partial charge is 0.352 e. The molecular weight excluding hydrogens is 407 g/mol. The standard InChI is InChI=1S/C23H28Cl2N2O2/c1-4-16(3)26-23(29)21(5-2)27(15-18-11-12-19(24)20(25)13-18)22(28)14-17-9-7-6-8-10-17/h6-13,16,21H,4-5,14-15H2,1-3H3,(H,26,29). The summed E-state index contributed by atoms with van der Waals surface area (Å²) in [5.74, 6) is -0.239. The lowest BCUT2D eigenvalue weighted by atomic mass is 10.1. The summed E-state index contributed by atoms with van der Waals surface area (Å²) < 4.78 is 0. The number of nitrogens with zero attached hydrogens (tertiary/aromatic N) is 1. The van der Waals surface area contributed by atoms with Gasteiger partial charge in [0.25, 0.3) is 0 Å². The van der Waals surface area contributed by atoms with Crippen molar-refractivity contribution in [1.82, 2.24) is 10.2 Å². The van der Waals surface area contributed by atoms with Crippen molar-refractivity contribution < 1.29 is 9.59 Å². The van der Waals surface area contributed by atoms with Gasteiger partial charge in [0.1, 0.15) is 6.04 Å². The molecule has 0 bridgehead atoms. The fourth-order valence-corrected chi connectivity index (χ4v) is 3.39. The minimum absolute atomic E-state index is 0.0487. The summed E-state index contributed by atoms with van der Waals surface area (Å²) in [5, 5.41) is 3.89. The average Bonchev–Trinajstić information content (AvgIpc) is 2.71. The van der Waals surface area contributed by atoms with E-state index in [1.54, 1.807) is 17.0 Å². The second kappa shape index (κ2) is 11.2. The van der Waals surface area contributed by atoms with Gasteiger partial charge in [-0.05, 0) is 43.0 Å². The molecule has 2 amide bonds. The topological polar surface area (TPSA) is 49.4 Å². The number of benzene rings is 2. The Morgan fingerprint density at radius 2 is 1.66 bits per heavy atom. The van der Waals surface area contributed by atoms with Gasteiger partial charge in [-0.3, -0.25) is 9.59 Å². The second-order valence-corrected chi connectivity index (χ2v) is 7.99. The maximum absolute atomic E-state index is 13.2. The van der Waals surface area contributed by atoms with E-state index < -0.39 is 6.04 Å². The summed E-state index contributed by atoms with van der Waals surface area (Å²) >= 11 is 12.2. The van der Waals surface area contributed by atoms with Crippen LogP contribution in [0.15, 0.2) is 48.5 Å². The Morgan fingerprint density at radius 1 is 0.966 bits per heavy atom. The molecule has 2 atom stereocenters. The van der Waals surface area contributed by atoms with Gasteiger partial charge in [-0.2, -0.15) is 0 Å². The van der Waals surface area contributed by atoms with Crippen molar-refractivity contribution in [2.45, 2.75) is 58.7 Å². The number of halogens is 2. The normalized spacial score (nSPS) is 12.9. The van der Waals surface area contributed by atoms with Crippen molar-refractivity contribution in [2.75, 3.05) is 0 Å². The molecule has 0 aromatic heterocycles. The number of hydrogen-bond donors (Lipinski definition) is 1. The molecule has 4 nitrogen and oxygen atoms in total. The molecule has 0 saturated heterocycles. The number of amides is 2. The number of rotatable bonds is 9. The van der Waals surface area contributed by atoms with Gasteiger partial charge in [0, 0.05) is 12.6 Å². The molecule has 0 aliphatic rings. The van der Waals surface area contributed by atoms with Crippen LogP contribution in [0.3, 0.4) is 0 Å². The molecule has 0 spiro atoms. The van der Waals surface area contributed by atoms with Crippen LogP contribution in [0.1, 0.15) is 44.7 Å². The zero-order valence-corrected chi connectivity index (χ0v) is 18.6. The molecule has 0 saturated carbocycles. The fraction of sp³-hybridized carbons (Fsp3) is 0.391. The van der Waals surface area contributed by atoms with Gasteiger partial charge in [0.15, 0.2) is 0 Å². The van der Waals surface area contributed by atoms with Crippen LogP contribution in [0.4, 0.5) is 0 Å². The summed E-state index contributed by atoms with van der Waals surface area (Å²) in [6.07, 6.45) is 1.58. The molecule has 29 heavy (non-hydrogen) atoms. The molecule has 0 fully saturated rings. The monoisotopic (exact) mass is 434 g/mol.